The third kappa shape index (κ3) is 7.77. The van der Waals surface area contributed by atoms with Crippen LogP contribution in [0.2, 0.25) is 0 Å². The maximum atomic E-state index is 9.87. The van der Waals surface area contributed by atoms with Crippen LogP contribution < -0.4 is 4.74 Å². The summed E-state index contributed by atoms with van der Waals surface area (Å²) >= 11 is 10.5. The van der Waals surface area contributed by atoms with E-state index in [1.165, 1.54) is 0 Å². The van der Waals surface area contributed by atoms with Gasteiger partial charge in [-0.05, 0) is 44.0 Å². The molecule has 1 aromatic rings. The van der Waals surface area contributed by atoms with Crippen LogP contribution in [0.15, 0.2) is 27.7 Å². The Balaban J connectivity index is 2.67. The van der Waals surface area contributed by atoms with Gasteiger partial charge in [-0.1, -0.05) is 47.8 Å². The number of ether oxygens (including phenoxy) is 1. The van der Waals surface area contributed by atoms with Crippen molar-refractivity contribution in [2.75, 3.05) is 18.5 Å². The van der Waals surface area contributed by atoms with Crippen molar-refractivity contribution < 1.29 is 9.84 Å². The molecule has 1 aromatic carbocycles. The first-order chi connectivity index (χ1) is 9.92. The molecule has 0 amide bonds. The molecule has 3 nitrogen and oxygen atoms in total. The van der Waals surface area contributed by atoms with E-state index < -0.39 is 6.10 Å². The van der Waals surface area contributed by atoms with E-state index in [0.29, 0.717) is 11.4 Å². The zero-order valence-corrected chi connectivity index (χ0v) is 16.9. The number of halogens is 3. The average molecular weight is 486 g/mol. The van der Waals surface area contributed by atoms with Crippen molar-refractivity contribution in [1.82, 2.24) is 0 Å². The molecule has 0 saturated heterocycles. The van der Waals surface area contributed by atoms with Crippen LogP contribution in [0.4, 0.5) is 0 Å². The molecule has 1 rings (SSSR count). The molecule has 2 unspecified atom stereocenters. The number of aliphatic imine (C=N–C) groups is 1. The summed E-state index contributed by atoms with van der Waals surface area (Å²) in [6.45, 7) is 4.44. The van der Waals surface area contributed by atoms with Gasteiger partial charge in [-0.25, -0.2) is 0 Å². The minimum absolute atomic E-state index is 0.243. The number of rotatable bonds is 8. The van der Waals surface area contributed by atoms with Gasteiger partial charge in [0, 0.05) is 20.3 Å². The van der Waals surface area contributed by atoms with Crippen molar-refractivity contribution in [3.05, 3.63) is 28.2 Å². The van der Waals surface area contributed by atoms with Crippen LogP contribution in [0, 0.1) is 0 Å². The van der Waals surface area contributed by atoms with Gasteiger partial charge in [0.05, 0.1) is 6.54 Å². The van der Waals surface area contributed by atoms with E-state index in [9.17, 15) is 5.11 Å². The van der Waals surface area contributed by atoms with Gasteiger partial charge in [0.25, 0.3) is 0 Å². The van der Waals surface area contributed by atoms with Gasteiger partial charge in [0.1, 0.15) is 18.5 Å². The first-order valence-corrected chi connectivity index (χ1v) is 9.52. The molecule has 0 radical (unpaired) electrons. The lowest BCUT2D eigenvalue weighted by atomic mass is 10.1. The predicted molar refractivity (Wildman–Crippen MR) is 99.5 cm³/mol. The van der Waals surface area contributed by atoms with E-state index >= 15 is 0 Å². The van der Waals surface area contributed by atoms with Crippen LogP contribution in [-0.2, 0) is 6.42 Å². The summed E-state index contributed by atoms with van der Waals surface area (Å²) in [5.41, 5.74) is 2.06. The molecule has 0 bridgehead atoms. The zero-order chi connectivity index (χ0) is 15.8. The Bertz CT molecular complexity index is 476. The van der Waals surface area contributed by atoms with Gasteiger partial charge in [0.2, 0.25) is 0 Å². The standard InChI is InChI=1S/C15H20Br3NO2/c1-10(2)19-8-14(20)9-21-15-4-3-12(17)5-11(15)6-13(18)7-16/h3-5,13-14,20H,6-9H2,1-2H3. The summed E-state index contributed by atoms with van der Waals surface area (Å²) < 4.78 is 6.77. The van der Waals surface area contributed by atoms with E-state index in [1.807, 2.05) is 32.0 Å². The molecule has 0 heterocycles. The topological polar surface area (TPSA) is 41.8 Å². The fourth-order valence-corrected chi connectivity index (χ4v) is 2.65. The lowest BCUT2D eigenvalue weighted by Crippen LogP contribution is -2.21. The maximum absolute atomic E-state index is 9.87. The summed E-state index contributed by atoms with van der Waals surface area (Å²) in [6.07, 6.45) is 0.259. The largest absolute Gasteiger partial charge is 0.491 e. The summed E-state index contributed by atoms with van der Waals surface area (Å²) in [5, 5.41) is 10.7. The number of hydrogen-bond donors (Lipinski definition) is 1. The molecule has 118 valence electrons. The normalized spacial score (nSPS) is 13.6. The van der Waals surface area contributed by atoms with Crippen molar-refractivity contribution in [1.29, 1.82) is 0 Å². The van der Waals surface area contributed by atoms with Crippen molar-refractivity contribution in [3.8, 4) is 5.75 Å². The highest BCUT2D eigenvalue weighted by Crippen LogP contribution is 2.26. The zero-order valence-electron chi connectivity index (χ0n) is 12.2. The van der Waals surface area contributed by atoms with Gasteiger partial charge in [-0.15, -0.1) is 0 Å². The van der Waals surface area contributed by atoms with E-state index in [2.05, 4.69) is 52.8 Å². The fraction of sp³-hybridized carbons (Fsp3) is 0.533. The SMILES string of the molecule is CC(C)=NCC(O)COc1ccc(Br)cc1CC(Br)CBr. The number of nitrogens with zero attached hydrogens (tertiary/aromatic N) is 1. The van der Waals surface area contributed by atoms with Crippen LogP contribution >= 0.6 is 47.8 Å². The molecule has 0 aliphatic heterocycles. The summed E-state index contributed by atoms with van der Waals surface area (Å²) in [4.78, 5) is 4.54. The van der Waals surface area contributed by atoms with Crippen LogP contribution in [0.1, 0.15) is 19.4 Å². The van der Waals surface area contributed by atoms with Gasteiger partial charge in [-0.2, -0.15) is 0 Å². The van der Waals surface area contributed by atoms with Crippen LogP contribution in [0.25, 0.3) is 0 Å². The lowest BCUT2D eigenvalue weighted by Gasteiger charge is -2.16. The predicted octanol–water partition coefficient (Wildman–Crippen LogP) is 4.37. The quantitative estimate of drug-likeness (QED) is 0.439. The van der Waals surface area contributed by atoms with Crippen molar-refractivity contribution in [2.24, 2.45) is 4.99 Å². The molecule has 1 N–H and O–H groups in total. The molecule has 2 atom stereocenters. The van der Waals surface area contributed by atoms with E-state index in [-0.39, 0.29) is 6.61 Å². The second-order valence-electron chi connectivity index (χ2n) is 4.96. The lowest BCUT2D eigenvalue weighted by molar-refractivity contribution is 0.114. The van der Waals surface area contributed by atoms with Gasteiger partial charge >= 0.3 is 0 Å². The summed E-state index contributed by atoms with van der Waals surface area (Å²) in [5.74, 6) is 0.805. The molecule has 21 heavy (non-hydrogen) atoms. The molecular weight excluding hydrogens is 466 g/mol. The number of aliphatic hydroxyl groups excluding tert-OH is 1. The fourth-order valence-electron chi connectivity index (χ4n) is 1.67. The minimum Gasteiger partial charge on any atom is -0.491 e. The second-order valence-corrected chi connectivity index (χ2v) is 7.82. The van der Waals surface area contributed by atoms with Crippen molar-refractivity contribution in [3.63, 3.8) is 0 Å². The monoisotopic (exact) mass is 483 g/mol. The first-order valence-electron chi connectivity index (χ1n) is 6.69. The number of benzene rings is 1. The molecular formula is C15H20Br3NO2. The molecule has 0 aliphatic rings. The highest BCUT2D eigenvalue weighted by atomic mass is 79.9. The van der Waals surface area contributed by atoms with Crippen molar-refractivity contribution in [2.45, 2.75) is 31.2 Å². The number of hydrogen-bond acceptors (Lipinski definition) is 3. The van der Waals surface area contributed by atoms with Crippen LogP contribution in [0.5, 0.6) is 5.75 Å². The Kier molecular flexibility index (Phi) is 9.09. The highest BCUT2D eigenvalue weighted by Gasteiger charge is 2.12. The number of alkyl halides is 2. The van der Waals surface area contributed by atoms with Crippen LogP contribution in [-0.4, -0.2) is 40.2 Å². The third-order valence-electron chi connectivity index (χ3n) is 2.68. The molecule has 0 saturated carbocycles. The summed E-state index contributed by atoms with van der Waals surface area (Å²) in [7, 11) is 0. The number of aliphatic hydroxyl groups is 1. The molecule has 6 heteroatoms. The van der Waals surface area contributed by atoms with Gasteiger partial charge in [0.15, 0.2) is 0 Å². The van der Waals surface area contributed by atoms with Crippen molar-refractivity contribution >= 4 is 53.5 Å². The van der Waals surface area contributed by atoms with E-state index in [0.717, 1.165) is 33.2 Å². The molecule has 0 spiro atoms. The molecule has 0 aliphatic carbocycles. The average Bonchev–Trinajstić information content (AvgIpc) is 2.44. The van der Waals surface area contributed by atoms with Gasteiger partial charge in [-0.3, -0.25) is 4.99 Å². The maximum Gasteiger partial charge on any atom is 0.122 e. The second kappa shape index (κ2) is 9.98. The Morgan fingerprint density at radius 1 is 1.38 bits per heavy atom. The first kappa shape index (κ1) is 19.1. The molecule has 0 fully saturated rings. The van der Waals surface area contributed by atoms with E-state index in [4.69, 9.17) is 4.74 Å². The Hall–Kier alpha value is 0.0900. The Morgan fingerprint density at radius 3 is 2.71 bits per heavy atom. The highest BCUT2D eigenvalue weighted by molar-refractivity contribution is 9.12. The summed E-state index contributed by atoms with van der Waals surface area (Å²) in [6, 6.07) is 5.92. The van der Waals surface area contributed by atoms with Gasteiger partial charge < -0.3 is 9.84 Å². The third-order valence-corrected chi connectivity index (χ3v) is 5.47. The molecule has 0 aromatic heterocycles. The van der Waals surface area contributed by atoms with E-state index in [1.54, 1.807) is 0 Å². The van der Waals surface area contributed by atoms with Crippen LogP contribution in [0.3, 0.4) is 0 Å². The Morgan fingerprint density at radius 2 is 2.10 bits per heavy atom. The Labute approximate surface area is 151 Å². The smallest absolute Gasteiger partial charge is 0.122 e. The minimum atomic E-state index is -0.590.